The summed E-state index contributed by atoms with van der Waals surface area (Å²) in [6, 6.07) is 12.4. The molecule has 7 heteroatoms. The molecule has 0 aliphatic carbocycles. The van der Waals surface area contributed by atoms with Gasteiger partial charge >= 0.3 is 0 Å². The molecular formula is C24H29N3O4. The number of aromatic nitrogens is 2. The molecule has 164 valence electrons. The Morgan fingerprint density at radius 1 is 1.00 bits per heavy atom. The van der Waals surface area contributed by atoms with E-state index >= 15 is 0 Å². The van der Waals surface area contributed by atoms with Gasteiger partial charge in [0.1, 0.15) is 5.82 Å². The average molecular weight is 424 g/mol. The van der Waals surface area contributed by atoms with Crippen molar-refractivity contribution in [2.45, 2.75) is 40.2 Å². The van der Waals surface area contributed by atoms with Crippen molar-refractivity contribution in [1.29, 1.82) is 0 Å². The Balaban J connectivity index is 1.85. The molecule has 0 fully saturated rings. The molecule has 1 amide bonds. The summed E-state index contributed by atoms with van der Waals surface area (Å²) in [5.41, 5.74) is 0.897. The van der Waals surface area contributed by atoms with Crippen LogP contribution in [-0.2, 0) is 6.54 Å². The predicted octanol–water partition coefficient (Wildman–Crippen LogP) is 4.16. The zero-order valence-corrected chi connectivity index (χ0v) is 18.3. The summed E-state index contributed by atoms with van der Waals surface area (Å²) in [5, 5.41) is 0.529. The Morgan fingerprint density at radius 2 is 1.71 bits per heavy atom. The number of hydrogen-bond acceptors (Lipinski definition) is 5. The van der Waals surface area contributed by atoms with Crippen LogP contribution in [0.1, 0.15) is 49.8 Å². The number of carbonyl (C=O) groups excluding carboxylic acids is 1. The second kappa shape index (κ2) is 10.6. The lowest BCUT2D eigenvalue weighted by Crippen LogP contribution is -2.32. The van der Waals surface area contributed by atoms with Gasteiger partial charge in [-0.1, -0.05) is 26.0 Å². The van der Waals surface area contributed by atoms with Gasteiger partial charge in [-0.2, -0.15) is 0 Å². The van der Waals surface area contributed by atoms with E-state index in [4.69, 9.17) is 9.47 Å². The maximum atomic E-state index is 13.2. The zero-order valence-electron chi connectivity index (χ0n) is 18.3. The van der Waals surface area contributed by atoms with Gasteiger partial charge in [0.2, 0.25) is 0 Å². The van der Waals surface area contributed by atoms with Crippen LogP contribution in [0, 0.1) is 0 Å². The van der Waals surface area contributed by atoms with Crippen LogP contribution < -0.4 is 15.0 Å². The smallest absolute Gasteiger partial charge is 0.258 e. The van der Waals surface area contributed by atoms with Crippen molar-refractivity contribution in [3.63, 3.8) is 0 Å². The molecule has 0 bridgehead atoms. The number of aromatic amines is 1. The molecule has 0 saturated carbocycles. The average Bonchev–Trinajstić information content (AvgIpc) is 2.79. The number of H-pyrrole nitrogens is 1. The fraction of sp³-hybridized carbons (Fsp3) is 0.375. The van der Waals surface area contributed by atoms with Gasteiger partial charge in [-0.25, -0.2) is 4.98 Å². The minimum atomic E-state index is -0.211. The topological polar surface area (TPSA) is 84.5 Å². The van der Waals surface area contributed by atoms with Gasteiger partial charge in [0.25, 0.3) is 11.5 Å². The largest absolute Gasteiger partial charge is 0.490 e. The molecule has 1 N–H and O–H groups in total. The van der Waals surface area contributed by atoms with E-state index < -0.39 is 0 Å². The number of ether oxygens (including phenoxy) is 2. The third-order valence-electron chi connectivity index (χ3n) is 4.79. The molecule has 0 atom stereocenters. The van der Waals surface area contributed by atoms with Crippen molar-refractivity contribution in [3.8, 4) is 11.5 Å². The summed E-state index contributed by atoms with van der Waals surface area (Å²) in [4.78, 5) is 34.5. The highest BCUT2D eigenvalue weighted by Crippen LogP contribution is 2.29. The lowest BCUT2D eigenvalue weighted by molar-refractivity contribution is 0.0748. The van der Waals surface area contributed by atoms with E-state index in [9.17, 15) is 9.59 Å². The predicted molar refractivity (Wildman–Crippen MR) is 121 cm³/mol. The van der Waals surface area contributed by atoms with Gasteiger partial charge in [-0.05, 0) is 50.1 Å². The lowest BCUT2D eigenvalue weighted by Gasteiger charge is -2.21. The van der Waals surface area contributed by atoms with Crippen molar-refractivity contribution in [1.82, 2.24) is 14.9 Å². The molecule has 2 aromatic carbocycles. The molecule has 3 aromatic rings. The number of rotatable bonds is 10. The first-order valence-corrected chi connectivity index (χ1v) is 10.7. The molecule has 3 rings (SSSR count). The Kier molecular flexibility index (Phi) is 7.65. The highest BCUT2D eigenvalue weighted by atomic mass is 16.5. The van der Waals surface area contributed by atoms with E-state index in [1.165, 1.54) is 0 Å². The first-order valence-electron chi connectivity index (χ1n) is 10.7. The molecular weight excluding hydrogens is 394 g/mol. The normalized spacial score (nSPS) is 10.8. The zero-order chi connectivity index (χ0) is 22.2. The summed E-state index contributed by atoms with van der Waals surface area (Å²) in [7, 11) is 0. The minimum absolute atomic E-state index is 0.165. The number of para-hydroxylation sites is 1. The van der Waals surface area contributed by atoms with E-state index in [0.29, 0.717) is 53.5 Å². The van der Waals surface area contributed by atoms with Crippen LogP contribution in [0.2, 0.25) is 0 Å². The maximum Gasteiger partial charge on any atom is 0.258 e. The molecule has 0 radical (unpaired) electrons. The quantitative estimate of drug-likeness (QED) is 0.529. The highest BCUT2D eigenvalue weighted by molar-refractivity contribution is 5.95. The summed E-state index contributed by atoms with van der Waals surface area (Å²) in [6.45, 7) is 7.75. The molecule has 0 spiro atoms. The van der Waals surface area contributed by atoms with Crippen LogP contribution in [0.25, 0.3) is 10.9 Å². The number of amides is 1. The van der Waals surface area contributed by atoms with Gasteiger partial charge in [0.05, 0.1) is 30.7 Å². The Bertz CT molecular complexity index is 1090. The van der Waals surface area contributed by atoms with Gasteiger partial charge in [-0.3, -0.25) is 9.59 Å². The summed E-state index contributed by atoms with van der Waals surface area (Å²) in [5.74, 6) is 1.48. The van der Waals surface area contributed by atoms with Crippen molar-refractivity contribution >= 4 is 16.8 Å². The molecule has 1 aromatic heterocycles. The number of fused-ring (bicyclic) bond motifs is 1. The molecule has 0 aliphatic rings. The number of hydrogen-bond donors (Lipinski definition) is 1. The van der Waals surface area contributed by atoms with Gasteiger partial charge in [-0.15, -0.1) is 0 Å². The molecule has 7 nitrogen and oxygen atoms in total. The molecule has 0 saturated heterocycles. The number of nitrogens with zero attached hydrogens (tertiary/aromatic N) is 2. The van der Waals surface area contributed by atoms with Gasteiger partial charge in [0, 0.05) is 12.1 Å². The third kappa shape index (κ3) is 5.42. The van der Waals surface area contributed by atoms with Gasteiger partial charge < -0.3 is 19.4 Å². The fourth-order valence-electron chi connectivity index (χ4n) is 3.20. The van der Waals surface area contributed by atoms with Crippen molar-refractivity contribution in [3.05, 3.63) is 64.2 Å². The van der Waals surface area contributed by atoms with Crippen LogP contribution >= 0.6 is 0 Å². The van der Waals surface area contributed by atoms with E-state index in [1.807, 2.05) is 26.8 Å². The molecule has 0 aliphatic heterocycles. The standard InChI is InChI=1S/C24H29N3O4/c1-4-13-30-20-12-11-17(15-21(20)31-14-5-2)24(29)27(6-3)16-22-25-19-10-8-7-9-18(19)23(28)26-22/h7-12,15H,4-6,13-14,16H2,1-3H3,(H,25,26,28). The van der Waals surface area contributed by atoms with Crippen LogP contribution in [-0.4, -0.2) is 40.5 Å². The van der Waals surface area contributed by atoms with E-state index in [-0.39, 0.29) is 18.0 Å². The van der Waals surface area contributed by atoms with Crippen molar-refractivity contribution < 1.29 is 14.3 Å². The monoisotopic (exact) mass is 423 g/mol. The van der Waals surface area contributed by atoms with Crippen LogP contribution in [0.5, 0.6) is 11.5 Å². The van der Waals surface area contributed by atoms with Crippen molar-refractivity contribution in [2.75, 3.05) is 19.8 Å². The Morgan fingerprint density at radius 3 is 2.42 bits per heavy atom. The highest BCUT2D eigenvalue weighted by Gasteiger charge is 2.19. The van der Waals surface area contributed by atoms with E-state index in [2.05, 4.69) is 9.97 Å². The molecule has 31 heavy (non-hydrogen) atoms. The SMILES string of the molecule is CCCOc1ccc(C(=O)N(CC)Cc2nc3ccccc3c(=O)[nH]2)cc1OCCC. The maximum absolute atomic E-state index is 13.2. The second-order valence-corrected chi connectivity index (χ2v) is 7.21. The van der Waals surface area contributed by atoms with Crippen LogP contribution in [0.15, 0.2) is 47.3 Å². The minimum Gasteiger partial charge on any atom is -0.490 e. The fourth-order valence-corrected chi connectivity index (χ4v) is 3.20. The third-order valence-corrected chi connectivity index (χ3v) is 4.79. The van der Waals surface area contributed by atoms with Crippen LogP contribution in [0.3, 0.4) is 0 Å². The lowest BCUT2D eigenvalue weighted by atomic mass is 10.1. The van der Waals surface area contributed by atoms with Crippen LogP contribution in [0.4, 0.5) is 0 Å². The first-order chi connectivity index (χ1) is 15.1. The Hall–Kier alpha value is -3.35. The second-order valence-electron chi connectivity index (χ2n) is 7.21. The van der Waals surface area contributed by atoms with Crippen molar-refractivity contribution in [2.24, 2.45) is 0 Å². The van der Waals surface area contributed by atoms with E-state index in [1.54, 1.807) is 41.3 Å². The summed E-state index contributed by atoms with van der Waals surface area (Å²) < 4.78 is 11.6. The number of carbonyl (C=O) groups is 1. The number of benzene rings is 2. The summed E-state index contributed by atoms with van der Waals surface area (Å²) >= 11 is 0. The summed E-state index contributed by atoms with van der Waals surface area (Å²) in [6.07, 6.45) is 1.74. The number of nitrogens with one attached hydrogen (secondary N) is 1. The molecule has 1 heterocycles. The van der Waals surface area contributed by atoms with Gasteiger partial charge in [0.15, 0.2) is 11.5 Å². The van der Waals surface area contributed by atoms with E-state index in [0.717, 1.165) is 12.8 Å². The Labute approximate surface area is 182 Å². The molecule has 0 unspecified atom stereocenters. The first kappa shape index (κ1) is 22.3.